The first-order chi connectivity index (χ1) is 10.1. The molecule has 1 saturated heterocycles. The van der Waals surface area contributed by atoms with E-state index < -0.39 is 5.97 Å². The monoisotopic (exact) mass is 305 g/mol. The van der Waals surface area contributed by atoms with Crippen LogP contribution >= 0.6 is 11.3 Å². The third-order valence-electron chi connectivity index (χ3n) is 3.80. The van der Waals surface area contributed by atoms with Crippen molar-refractivity contribution in [2.24, 2.45) is 0 Å². The molecule has 3 rings (SSSR count). The van der Waals surface area contributed by atoms with Crippen LogP contribution in [0.2, 0.25) is 0 Å². The van der Waals surface area contributed by atoms with Gasteiger partial charge in [-0.05, 0) is 36.5 Å². The second kappa shape index (κ2) is 5.69. The number of rotatable bonds is 3. The van der Waals surface area contributed by atoms with E-state index in [0.29, 0.717) is 23.9 Å². The average Bonchev–Trinajstić information content (AvgIpc) is 3.18. The number of thiophene rings is 1. The molecule has 6 nitrogen and oxygen atoms in total. The molecular formula is C14H15N3O3S. The van der Waals surface area contributed by atoms with Crippen LogP contribution in [0.1, 0.15) is 43.7 Å². The SMILES string of the molecule is O=C(O)c1ccc(C(=O)N2CCC(c3cn[nH]c3)CC2)s1. The maximum absolute atomic E-state index is 12.4. The zero-order valence-corrected chi connectivity index (χ0v) is 12.1. The second-order valence-corrected chi connectivity index (χ2v) is 6.15. The summed E-state index contributed by atoms with van der Waals surface area (Å²) in [5.41, 5.74) is 1.19. The summed E-state index contributed by atoms with van der Waals surface area (Å²) in [6.45, 7) is 1.38. The van der Waals surface area contributed by atoms with Gasteiger partial charge in [-0.3, -0.25) is 9.89 Å². The van der Waals surface area contributed by atoms with Gasteiger partial charge in [-0.15, -0.1) is 11.3 Å². The Hall–Kier alpha value is -2.15. The number of nitrogens with zero attached hydrogens (tertiary/aromatic N) is 2. The van der Waals surface area contributed by atoms with Gasteiger partial charge in [-0.2, -0.15) is 5.10 Å². The highest BCUT2D eigenvalue weighted by molar-refractivity contribution is 7.15. The van der Waals surface area contributed by atoms with E-state index in [0.717, 1.165) is 24.2 Å². The maximum Gasteiger partial charge on any atom is 0.345 e. The number of carbonyl (C=O) groups excluding carboxylic acids is 1. The molecule has 2 aromatic rings. The van der Waals surface area contributed by atoms with Crippen molar-refractivity contribution >= 4 is 23.2 Å². The van der Waals surface area contributed by atoms with Crippen molar-refractivity contribution in [3.63, 3.8) is 0 Å². The number of piperidine rings is 1. The van der Waals surface area contributed by atoms with Gasteiger partial charge in [0.15, 0.2) is 0 Å². The predicted octanol–water partition coefficient (Wildman–Crippen LogP) is 2.19. The third-order valence-corrected chi connectivity index (χ3v) is 4.86. The van der Waals surface area contributed by atoms with Gasteiger partial charge in [0, 0.05) is 19.3 Å². The molecule has 3 heterocycles. The summed E-state index contributed by atoms with van der Waals surface area (Å²) in [6.07, 6.45) is 5.55. The van der Waals surface area contributed by atoms with Gasteiger partial charge in [0.25, 0.3) is 5.91 Å². The maximum atomic E-state index is 12.4. The molecule has 0 spiro atoms. The summed E-state index contributed by atoms with van der Waals surface area (Å²) in [4.78, 5) is 25.7. The molecule has 0 aromatic carbocycles. The Morgan fingerprint density at radius 1 is 1.29 bits per heavy atom. The minimum absolute atomic E-state index is 0.0712. The first kappa shape index (κ1) is 13.8. The molecule has 0 radical (unpaired) electrons. The highest BCUT2D eigenvalue weighted by Crippen LogP contribution is 2.28. The number of amides is 1. The number of aromatic nitrogens is 2. The van der Waals surface area contributed by atoms with Gasteiger partial charge in [0.1, 0.15) is 4.88 Å². The molecule has 1 fully saturated rings. The smallest absolute Gasteiger partial charge is 0.345 e. The van der Waals surface area contributed by atoms with Gasteiger partial charge in [-0.1, -0.05) is 0 Å². The Morgan fingerprint density at radius 3 is 2.57 bits per heavy atom. The molecule has 0 bridgehead atoms. The number of likely N-dealkylation sites (tertiary alicyclic amines) is 1. The largest absolute Gasteiger partial charge is 0.477 e. The Kier molecular flexibility index (Phi) is 3.74. The lowest BCUT2D eigenvalue weighted by atomic mass is 9.91. The number of aromatic carboxylic acids is 1. The molecule has 0 saturated carbocycles. The van der Waals surface area contributed by atoms with Crippen LogP contribution < -0.4 is 0 Å². The van der Waals surface area contributed by atoms with E-state index in [1.54, 1.807) is 11.0 Å². The molecule has 0 aliphatic carbocycles. The molecule has 21 heavy (non-hydrogen) atoms. The van der Waals surface area contributed by atoms with E-state index in [1.807, 2.05) is 12.4 Å². The number of hydrogen-bond acceptors (Lipinski definition) is 4. The third kappa shape index (κ3) is 2.82. The van der Waals surface area contributed by atoms with Crippen LogP contribution in [-0.4, -0.2) is 45.2 Å². The molecule has 1 aliphatic rings. The second-order valence-electron chi connectivity index (χ2n) is 5.07. The van der Waals surface area contributed by atoms with Crippen LogP contribution in [0.15, 0.2) is 24.5 Å². The van der Waals surface area contributed by atoms with Gasteiger partial charge in [-0.25, -0.2) is 4.79 Å². The van der Waals surface area contributed by atoms with Crippen molar-refractivity contribution in [2.75, 3.05) is 13.1 Å². The van der Waals surface area contributed by atoms with Crippen molar-refractivity contribution in [2.45, 2.75) is 18.8 Å². The molecule has 2 N–H and O–H groups in total. The molecule has 1 amide bonds. The summed E-state index contributed by atoms with van der Waals surface area (Å²) in [5, 5.41) is 15.7. The fourth-order valence-corrected chi connectivity index (χ4v) is 3.44. The Bertz CT molecular complexity index is 642. The minimum atomic E-state index is -0.988. The Morgan fingerprint density at radius 2 is 2.00 bits per heavy atom. The van der Waals surface area contributed by atoms with Crippen molar-refractivity contribution in [3.05, 3.63) is 39.8 Å². The first-order valence-corrected chi connectivity index (χ1v) is 7.58. The van der Waals surface area contributed by atoms with Gasteiger partial charge < -0.3 is 10.0 Å². The minimum Gasteiger partial charge on any atom is -0.477 e. The van der Waals surface area contributed by atoms with E-state index >= 15 is 0 Å². The van der Waals surface area contributed by atoms with Gasteiger partial charge in [0.05, 0.1) is 11.1 Å². The topological polar surface area (TPSA) is 86.3 Å². The van der Waals surface area contributed by atoms with Crippen LogP contribution in [0.3, 0.4) is 0 Å². The molecule has 0 atom stereocenters. The summed E-state index contributed by atoms with van der Waals surface area (Å²) in [7, 11) is 0. The summed E-state index contributed by atoms with van der Waals surface area (Å²) in [6, 6.07) is 3.08. The first-order valence-electron chi connectivity index (χ1n) is 6.76. The fraction of sp³-hybridized carbons (Fsp3) is 0.357. The quantitative estimate of drug-likeness (QED) is 0.910. The molecular weight excluding hydrogens is 290 g/mol. The van der Waals surface area contributed by atoms with Crippen LogP contribution in [0.4, 0.5) is 0 Å². The van der Waals surface area contributed by atoms with E-state index in [1.165, 1.54) is 11.6 Å². The lowest BCUT2D eigenvalue weighted by Crippen LogP contribution is -2.37. The van der Waals surface area contributed by atoms with E-state index in [2.05, 4.69) is 10.2 Å². The van der Waals surface area contributed by atoms with E-state index in [4.69, 9.17) is 5.11 Å². The van der Waals surface area contributed by atoms with Crippen molar-refractivity contribution in [1.82, 2.24) is 15.1 Å². The molecule has 0 unspecified atom stereocenters. The summed E-state index contributed by atoms with van der Waals surface area (Å²) >= 11 is 1.04. The normalized spacial score (nSPS) is 16.1. The molecule has 110 valence electrons. The summed E-state index contributed by atoms with van der Waals surface area (Å²) in [5.74, 6) is -0.624. The van der Waals surface area contributed by atoms with E-state index in [-0.39, 0.29) is 10.8 Å². The Balaban J connectivity index is 1.63. The van der Waals surface area contributed by atoms with Crippen LogP contribution in [-0.2, 0) is 0 Å². The number of carboxylic acids is 1. The van der Waals surface area contributed by atoms with Gasteiger partial charge in [0.2, 0.25) is 0 Å². The lowest BCUT2D eigenvalue weighted by Gasteiger charge is -2.31. The van der Waals surface area contributed by atoms with Crippen molar-refractivity contribution in [1.29, 1.82) is 0 Å². The van der Waals surface area contributed by atoms with Gasteiger partial charge >= 0.3 is 5.97 Å². The van der Waals surface area contributed by atoms with Crippen LogP contribution in [0.25, 0.3) is 0 Å². The zero-order valence-electron chi connectivity index (χ0n) is 11.3. The van der Waals surface area contributed by atoms with E-state index in [9.17, 15) is 9.59 Å². The Labute approximate surface area is 125 Å². The predicted molar refractivity (Wildman–Crippen MR) is 77.7 cm³/mol. The number of carboxylic acid groups (broad SMARTS) is 1. The average molecular weight is 305 g/mol. The number of nitrogens with one attached hydrogen (secondary N) is 1. The highest BCUT2D eigenvalue weighted by atomic mass is 32.1. The standard InChI is InChI=1S/C14H15N3O3S/c18-13(11-1-2-12(21-11)14(19)20)17-5-3-9(4-6-17)10-7-15-16-8-10/h1-2,7-9H,3-6H2,(H,15,16)(H,19,20). The van der Waals surface area contributed by atoms with Crippen LogP contribution in [0, 0.1) is 0 Å². The highest BCUT2D eigenvalue weighted by Gasteiger charge is 2.26. The van der Waals surface area contributed by atoms with Crippen molar-refractivity contribution in [3.8, 4) is 0 Å². The number of aromatic amines is 1. The molecule has 1 aliphatic heterocycles. The number of H-pyrrole nitrogens is 1. The molecule has 7 heteroatoms. The lowest BCUT2D eigenvalue weighted by molar-refractivity contribution is 0.0699. The summed E-state index contributed by atoms with van der Waals surface area (Å²) < 4.78 is 0. The number of carbonyl (C=O) groups is 2. The zero-order chi connectivity index (χ0) is 14.8. The molecule has 2 aromatic heterocycles. The van der Waals surface area contributed by atoms with Crippen LogP contribution in [0.5, 0.6) is 0 Å². The van der Waals surface area contributed by atoms with Crippen molar-refractivity contribution < 1.29 is 14.7 Å². The fourth-order valence-electron chi connectivity index (χ4n) is 2.62. The number of hydrogen-bond donors (Lipinski definition) is 2.